The first-order valence-corrected chi connectivity index (χ1v) is 8.05. The van der Waals surface area contributed by atoms with Crippen LogP contribution in [0.3, 0.4) is 0 Å². The van der Waals surface area contributed by atoms with Crippen molar-refractivity contribution in [3.63, 3.8) is 0 Å². The van der Waals surface area contributed by atoms with Gasteiger partial charge in [-0.2, -0.15) is 0 Å². The van der Waals surface area contributed by atoms with Crippen molar-refractivity contribution in [2.75, 3.05) is 6.61 Å². The summed E-state index contributed by atoms with van der Waals surface area (Å²) >= 11 is 0. The molecule has 0 radical (unpaired) electrons. The van der Waals surface area contributed by atoms with E-state index < -0.39 is 17.4 Å². The third kappa shape index (κ3) is 4.96. The highest BCUT2D eigenvalue weighted by Gasteiger charge is 2.45. The maximum absolute atomic E-state index is 12.5. The quantitative estimate of drug-likeness (QED) is 0.624. The summed E-state index contributed by atoms with van der Waals surface area (Å²) in [6.07, 6.45) is 1.16. The summed E-state index contributed by atoms with van der Waals surface area (Å²) in [5, 5.41) is 3.99. The maximum Gasteiger partial charge on any atom is 0.413 e. The molecule has 1 unspecified atom stereocenters. The van der Waals surface area contributed by atoms with Gasteiger partial charge in [0.05, 0.1) is 12.8 Å². The van der Waals surface area contributed by atoms with E-state index in [1.165, 1.54) is 0 Å². The van der Waals surface area contributed by atoms with Crippen molar-refractivity contribution < 1.29 is 19.1 Å². The normalized spacial score (nSPS) is 20.4. The molecular formula is C18H26N2O4. The molecule has 1 amide bonds. The Morgan fingerprint density at radius 1 is 1.38 bits per heavy atom. The third-order valence-electron chi connectivity index (χ3n) is 3.49. The number of nitrogens with zero attached hydrogens (tertiary/aromatic N) is 2. The van der Waals surface area contributed by atoms with Gasteiger partial charge in [0, 0.05) is 0 Å². The number of carbonyl (C=O) groups is 1. The molecule has 1 aliphatic rings. The second-order valence-electron chi connectivity index (χ2n) is 7.19. The molecule has 1 fully saturated rings. The Morgan fingerprint density at radius 3 is 2.67 bits per heavy atom. The molecule has 0 aliphatic carbocycles. The van der Waals surface area contributed by atoms with Crippen LogP contribution in [0.5, 0.6) is 0 Å². The van der Waals surface area contributed by atoms with Crippen LogP contribution in [0.4, 0.5) is 4.79 Å². The van der Waals surface area contributed by atoms with Crippen LogP contribution < -0.4 is 0 Å². The highest BCUT2D eigenvalue weighted by atomic mass is 16.6. The fourth-order valence-corrected chi connectivity index (χ4v) is 2.41. The predicted molar refractivity (Wildman–Crippen MR) is 91.6 cm³/mol. The smallest absolute Gasteiger partial charge is 0.413 e. The minimum absolute atomic E-state index is 0.328. The molecule has 0 N–H and O–H groups in total. The van der Waals surface area contributed by atoms with Crippen molar-refractivity contribution >= 4 is 12.3 Å². The average Bonchev–Trinajstić information content (AvgIpc) is 2.78. The number of carbonyl (C=O) groups excluding carboxylic acids is 1. The largest absolute Gasteiger partial charge is 0.444 e. The molecule has 2 rings (SSSR count). The van der Waals surface area contributed by atoms with E-state index in [-0.39, 0.29) is 6.04 Å². The first kappa shape index (κ1) is 18.3. The van der Waals surface area contributed by atoms with Crippen LogP contribution in [-0.4, -0.2) is 41.2 Å². The molecule has 1 atom stereocenters. The Kier molecular flexibility index (Phi) is 5.49. The van der Waals surface area contributed by atoms with Crippen molar-refractivity contribution in [2.45, 2.75) is 58.6 Å². The first-order valence-electron chi connectivity index (χ1n) is 8.05. The number of benzene rings is 1. The molecule has 1 aromatic rings. The molecule has 1 aromatic carbocycles. The fraction of sp³-hybridized carbons (Fsp3) is 0.556. The third-order valence-corrected chi connectivity index (χ3v) is 3.49. The van der Waals surface area contributed by atoms with E-state index in [0.29, 0.717) is 13.2 Å². The Balaban J connectivity index is 1.97. The molecule has 1 heterocycles. The van der Waals surface area contributed by atoms with Crippen molar-refractivity contribution in [1.29, 1.82) is 0 Å². The van der Waals surface area contributed by atoms with E-state index >= 15 is 0 Å². The van der Waals surface area contributed by atoms with Crippen LogP contribution in [0.15, 0.2) is 35.5 Å². The molecule has 6 nitrogen and oxygen atoms in total. The summed E-state index contributed by atoms with van der Waals surface area (Å²) in [5.41, 5.74) is -0.290. The first-order chi connectivity index (χ1) is 11.2. The summed E-state index contributed by atoms with van der Waals surface area (Å²) in [6.45, 7) is 9.89. The van der Waals surface area contributed by atoms with Crippen molar-refractivity contribution in [3.05, 3.63) is 35.9 Å². The van der Waals surface area contributed by atoms with Crippen molar-refractivity contribution in [2.24, 2.45) is 5.16 Å². The zero-order chi connectivity index (χ0) is 17.8. The number of hydrogen-bond donors (Lipinski definition) is 0. The monoisotopic (exact) mass is 334 g/mol. The molecular weight excluding hydrogens is 308 g/mol. The van der Waals surface area contributed by atoms with Gasteiger partial charge in [0.1, 0.15) is 24.0 Å². The molecule has 24 heavy (non-hydrogen) atoms. The molecule has 0 spiro atoms. The number of rotatable bonds is 4. The lowest BCUT2D eigenvalue weighted by Crippen LogP contribution is -2.50. The predicted octanol–water partition coefficient (Wildman–Crippen LogP) is 3.56. The van der Waals surface area contributed by atoms with Crippen LogP contribution in [-0.2, 0) is 20.9 Å². The van der Waals surface area contributed by atoms with Gasteiger partial charge >= 0.3 is 6.09 Å². The zero-order valence-corrected chi connectivity index (χ0v) is 15.0. The fourth-order valence-electron chi connectivity index (χ4n) is 2.41. The van der Waals surface area contributed by atoms with Crippen LogP contribution in [0.2, 0.25) is 0 Å². The molecule has 6 heteroatoms. The molecule has 1 saturated heterocycles. The average molecular weight is 334 g/mol. The lowest BCUT2D eigenvalue weighted by Gasteiger charge is -2.33. The van der Waals surface area contributed by atoms with E-state index in [9.17, 15) is 4.79 Å². The van der Waals surface area contributed by atoms with Crippen LogP contribution in [0.25, 0.3) is 0 Å². The van der Waals surface area contributed by atoms with Gasteiger partial charge in [-0.3, -0.25) is 4.90 Å². The van der Waals surface area contributed by atoms with Gasteiger partial charge in [0.25, 0.3) is 0 Å². The van der Waals surface area contributed by atoms with E-state index in [0.717, 1.165) is 5.56 Å². The van der Waals surface area contributed by atoms with Crippen LogP contribution >= 0.6 is 0 Å². The Morgan fingerprint density at radius 2 is 2.04 bits per heavy atom. The Bertz CT molecular complexity index is 578. The highest BCUT2D eigenvalue weighted by molar-refractivity contribution is 5.77. The maximum atomic E-state index is 12.5. The summed E-state index contributed by atoms with van der Waals surface area (Å²) < 4.78 is 11.2. The second kappa shape index (κ2) is 7.21. The molecule has 132 valence electrons. The molecule has 0 saturated carbocycles. The van der Waals surface area contributed by atoms with Crippen LogP contribution in [0, 0.1) is 0 Å². The Hall–Kier alpha value is -2.08. The second-order valence-corrected chi connectivity index (χ2v) is 7.19. The topological polar surface area (TPSA) is 60.4 Å². The number of oxime groups is 1. The minimum atomic E-state index is -0.752. The summed E-state index contributed by atoms with van der Waals surface area (Å²) in [5.74, 6) is 0. The van der Waals surface area contributed by atoms with Gasteiger partial charge in [0.2, 0.25) is 0 Å². The molecule has 0 aromatic heterocycles. The van der Waals surface area contributed by atoms with E-state index in [2.05, 4.69) is 5.16 Å². The van der Waals surface area contributed by atoms with Gasteiger partial charge in [0.15, 0.2) is 0 Å². The summed E-state index contributed by atoms with van der Waals surface area (Å²) in [6, 6.07) is 9.43. The lowest BCUT2D eigenvalue weighted by molar-refractivity contribution is -0.0605. The molecule has 0 bridgehead atoms. The SMILES string of the molecule is CC(C)(C)OC(=O)N1C(/C=N/OCc2ccccc2)COC1(C)C. The van der Waals surface area contributed by atoms with Crippen LogP contribution in [0.1, 0.15) is 40.2 Å². The van der Waals surface area contributed by atoms with Gasteiger partial charge in [-0.05, 0) is 40.2 Å². The lowest BCUT2D eigenvalue weighted by atomic mass is 10.2. The van der Waals surface area contributed by atoms with E-state index in [4.69, 9.17) is 14.3 Å². The standard InChI is InChI=1S/C18H26N2O4/c1-17(2,3)24-16(21)20-15(13-22-18(20,4)5)11-19-23-12-14-9-7-6-8-10-14/h6-11,15H,12-13H2,1-5H3/b19-11+. The zero-order valence-electron chi connectivity index (χ0n) is 15.0. The number of hydrogen-bond acceptors (Lipinski definition) is 5. The van der Waals surface area contributed by atoms with Crippen molar-refractivity contribution in [1.82, 2.24) is 4.90 Å². The number of amides is 1. The summed E-state index contributed by atoms with van der Waals surface area (Å²) in [4.78, 5) is 19.3. The Labute approximate surface area is 143 Å². The summed E-state index contributed by atoms with van der Waals surface area (Å²) in [7, 11) is 0. The minimum Gasteiger partial charge on any atom is -0.444 e. The van der Waals surface area contributed by atoms with Gasteiger partial charge < -0.3 is 14.3 Å². The van der Waals surface area contributed by atoms with Gasteiger partial charge in [-0.15, -0.1) is 0 Å². The van der Waals surface area contributed by atoms with Crippen molar-refractivity contribution in [3.8, 4) is 0 Å². The van der Waals surface area contributed by atoms with E-state index in [1.54, 1.807) is 11.1 Å². The van der Waals surface area contributed by atoms with Gasteiger partial charge in [-0.1, -0.05) is 35.5 Å². The highest BCUT2D eigenvalue weighted by Crippen LogP contribution is 2.28. The van der Waals surface area contributed by atoms with E-state index in [1.807, 2.05) is 65.0 Å². The van der Waals surface area contributed by atoms with Gasteiger partial charge in [-0.25, -0.2) is 4.79 Å². The number of ether oxygens (including phenoxy) is 2. The molecule has 1 aliphatic heterocycles.